The first-order valence-electron chi connectivity index (χ1n) is 4.61. The topological polar surface area (TPSA) is 64.9 Å². The molecule has 0 unspecified atom stereocenters. The number of rotatable bonds is 3. The molecule has 2 rings (SSSR count). The predicted molar refractivity (Wildman–Crippen MR) is 64.5 cm³/mol. The van der Waals surface area contributed by atoms with E-state index in [1.54, 1.807) is 13.2 Å². The van der Waals surface area contributed by atoms with Gasteiger partial charge in [-0.1, -0.05) is 11.8 Å². The van der Waals surface area contributed by atoms with E-state index in [1.807, 2.05) is 12.1 Å². The molecule has 84 valence electrons. The number of nitrogen functional groups attached to an aromatic ring is 1. The summed E-state index contributed by atoms with van der Waals surface area (Å²) in [5.41, 5.74) is 7.12. The average molecular weight is 256 g/mol. The number of nitrogens with two attached hydrogens (primary N) is 1. The third-order valence-electron chi connectivity index (χ3n) is 2.01. The summed E-state index contributed by atoms with van der Waals surface area (Å²) in [5, 5.41) is 0.905. The molecule has 0 radical (unpaired) electrons. The van der Waals surface area contributed by atoms with E-state index in [0.29, 0.717) is 22.2 Å². The van der Waals surface area contributed by atoms with Crippen LogP contribution in [0.15, 0.2) is 27.8 Å². The Kier molecular flexibility index (Phi) is 3.36. The highest BCUT2D eigenvalue weighted by atomic mass is 35.5. The Balaban J connectivity index is 2.15. The maximum Gasteiger partial charge on any atom is 0.223 e. The van der Waals surface area contributed by atoms with Crippen LogP contribution in [0.3, 0.4) is 0 Å². The highest BCUT2D eigenvalue weighted by molar-refractivity contribution is 7.98. The van der Waals surface area contributed by atoms with E-state index in [4.69, 9.17) is 21.8 Å². The SMILES string of the molecule is Cc1nc(Cl)nc(SCc2ccco2)c1N. The zero-order valence-corrected chi connectivity index (χ0v) is 10.2. The molecule has 0 fully saturated rings. The molecule has 0 bridgehead atoms. The van der Waals surface area contributed by atoms with Crippen molar-refractivity contribution in [3.8, 4) is 0 Å². The van der Waals surface area contributed by atoms with E-state index in [-0.39, 0.29) is 5.28 Å². The van der Waals surface area contributed by atoms with E-state index >= 15 is 0 Å². The Morgan fingerprint density at radius 3 is 3.00 bits per heavy atom. The van der Waals surface area contributed by atoms with Crippen molar-refractivity contribution >= 4 is 29.1 Å². The van der Waals surface area contributed by atoms with Crippen LogP contribution >= 0.6 is 23.4 Å². The van der Waals surface area contributed by atoms with E-state index in [1.165, 1.54) is 11.8 Å². The van der Waals surface area contributed by atoms with Crippen LogP contribution in [0.2, 0.25) is 5.28 Å². The third-order valence-corrected chi connectivity index (χ3v) is 3.19. The van der Waals surface area contributed by atoms with Crippen LogP contribution in [0.25, 0.3) is 0 Å². The van der Waals surface area contributed by atoms with Gasteiger partial charge in [0.25, 0.3) is 0 Å². The number of nitrogens with zero attached hydrogens (tertiary/aromatic N) is 2. The summed E-state index contributed by atoms with van der Waals surface area (Å²) in [6.07, 6.45) is 1.64. The second-order valence-electron chi connectivity index (χ2n) is 3.16. The summed E-state index contributed by atoms with van der Waals surface area (Å²) in [7, 11) is 0. The predicted octanol–water partition coefficient (Wildman–Crippen LogP) is 2.91. The summed E-state index contributed by atoms with van der Waals surface area (Å²) >= 11 is 7.25. The van der Waals surface area contributed by atoms with Gasteiger partial charge < -0.3 is 10.2 Å². The quantitative estimate of drug-likeness (QED) is 0.519. The number of aromatic nitrogens is 2. The van der Waals surface area contributed by atoms with Crippen molar-refractivity contribution in [1.82, 2.24) is 9.97 Å². The van der Waals surface area contributed by atoms with Crippen LogP contribution < -0.4 is 5.73 Å². The normalized spacial score (nSPS) is 10.6. The molecule has 2 N–H and O–H groups in total. The van der Waals surface area contributed by atoms with Crippen LogP contribution in [0, 0.1) is 6.92 Å². The zero-order valence-electron chi connectivity index (χ0n) is 8.61. The minimum absolute atomic E-state index is 0.216. The molecule has 0 amide bonds. The standard InChI is InChI=1S/C10H10ClN3OS/c1-6-8(12)9(14-10(11)13-6)16-5-7-3-2-4-15-7/h2-4H,5,12H2,1H3. The van der Waals surface area contributed by atoms with Crippen LogP contribution in [0.4, 0.5) is 5.69 Å². The molecule has 0 aliphatic heterocycles. The second kappa shape index (κ2) is 4.76. The fourth-order valence-corrected chi connectivity index (χ4v) is 2.33. The van der Waals surface area contributed by atoms with Gasteiger partial charge in [-0.2, -0.15) is 0 Å². The molecular weight excluding hydrogens is 246 g/mol. The van der Waals surface area contributed by atoms with Gasteiger partial charge in [0.1, 0.15) is 10.8 Å². The molecule has 2 aromatic rings. The second-order valence-corrected chi connectivity index (χ2v) is 4.47. The lowest BCUT2D eigenvalue weighted by Gasteiger charge is -2.05. The molecule has 0 spiro atoms. The maximum atomic E-state index is 5.86. The summed E-state index contributed by atoms with van der Waals surface area (Å²) in [6, 6.07) is 3.75. The van der Waals surface area contributed by atoms with E-state index in [2.05, 4.69) is 9.97 Å². The van der Waals surface area contributed by atoms with Crippen LogP contribution in [0.5, 0.6) is 0 Å². The highest BCUT2D eigenvalue weighted by Gasteiger charge is 2.09. The zero-order chi connectivity index (χ0) is 11.5. The third kappa shape index (κ3) is 2.48. The number of aryl methyl sites for hydroxylation is 1. The van der Waals surface area contributed by atoms with Gasteiger partial charge in [0.2, 0.25) is 5.28 Å². The lowest BCUT2D eigenvalue weighted by molar-refractivity contribution is 0.530. The molecule has 6 heteroatoms. The molecule has 0 aromatic carbocycles. The van der Waals surface area contributed by atoms with Gasteiger partial charge in [-0.3, -0.25) is 0 Å². The Labute approximate surface area is 102 Å². The molecule has 2 aromatic heterocycles. The van der Waals surface area contributed by atoms with E-state index in [0.717, 1.165) is 5.76 Å². The first-order chi connectivity index (χ1) is 7.66. The Hall–Kier alpha value is -1.20. The minimum atomic E-state index is 0.216. The maximum absolute atomic E-state index is 5.86. The largest absolute Gasteiger partial charge is 0.468 e. The molecule has 2 heterocycles. The molecule has 4 nitrogen and oxygen atoms in total. The van der Waals surface area contributed by atoms with Crippen molar-refractivity contribution in [2.45, 2.75) is 17.7 Å². The molecule has 0 aliphatic rings. The Morgan fingerprint density at radius 1 is 1.50 bits per heavy atom. The van der Waals surface area contributed by atoms with Crippen molar-refractivity contribution in [2.75, 3.05) is 5.73 Å². The summed E-state index contributed by atoms with van der Waals surface area (Å²) in [5.74, 6) is 1.54. The van der Waals surface area contributed by atoms with Gasteiger partial charge >= 0.3 is 0 Å². The van der Waals surface area contributed by atoms with E-state index < -0.39 is 0 Å². The summed E-state index contributed by atoms with van der Waals surface area (Å²) < 4.78 is 5.22. The molecule has 0 atom stereocenters. The number of furan rings is 1. The molecule has 0 saturated carbocycles. The van der Waals surface area contributed by atoms with Gasteiger partial charge in [-0.15, -0.1) is 0 Å². The van der Waals surface area contributed by atoms with Crippen LogP contribution in [-0.2, 0) is 5.75 Å². The highest BCUT2D eigenvalue weighted by Crippen LogP contribution is 2.28. The lowest BCUT2D eigenvalue weighted by atomic mass is 10.4. The van der Waals surface area contributed by atoms with Crippen molar-refractivity contribution < 1.29 is 4.42 Å². The Morgan fingerprint density at radius 2 is 2.31 bits per heavy atom. The average Bonchev–Trinajstić information content (AvgIpc) is 2.74. The first kappa shape index (κ1) is 11.3. The molecule has 0 saturated heterocycles. The minimum Gasteiger partial charge on any atom is -0.468 e. The number of hydrogen-bond acceptors (Lipinski definition) is 5. The molecule has 0 aliphatic carbocycles. The van der Waals surface area contributed by atoms with Crippen LogP contribution in [0.1, 0.15) is 11.5 Å². The fourth-order valence-electron chi connectivity index (χ4n) is 1.17. The smallest absolute Gasteiger partial charge is 0.223 e. The lowest BCUT2D eigenvalue weighted by Crippen LogP contribution is -1.99. The monoisotopic (exact) mass is 255 g/mol. The first-order valence-corrected chi connectivity index (χ1v) is 5.98. The van der Waals surface area contributed by atoms with Gasteiger partial charge in [0.05, 0.1) is 23.4 Å². The van der Waals surface area contributed by atoms with Crippen molar-refractivity contribution in [1.29, 1.82) is 0 Å². The van der Waals surface area contributed by atoms with Gasteiger partial charge in [0.15, 0.2) is 0 Å². The fraction of sp³-hybridized carbons (Fsp3) is 0.200. The van der Waals surface area contributed by atoms with Gasteiger partial charge in [-0.05, 0) is 30.7 Å². The molecule has 16 heavy (non-hydrogen) atoms. The Bertz CT molecular complexity index is 487. The molecular formula is C10H10ClN3OS. The number of halogens is 1. The number of hydrogen-bond donors (Lipinski definition) is 1. The van der Waals surface area contributed by atoms with Gasteiger partial charge in [-0.25, -0.2) is 9.97 Å². The van der Waals surface area contributed by atoms with Crippen molar-refractivity contribution in [2.24, 2.45) is 0 Å². The number of anilines is 1. The summed E-state index contributed by atoms with van der Waals surface area (Å²) in [6.45, 7) is 1.81. The van der Waals surface area contributed by atoms with Crippen molar-refractivity contribution in [3.63, 3.8) is 0 Å². The van der Waals surface area contributed by atoms with Crippen molar-refractivity contribution in [3.05, 3.63) is 35.1 Å². The summed E-state index contributed by atoms with van der Waals surface area (Å²) in [4.78, 5) is 8.05. The number of thioether (sulfide) groups is 1. The van der Waals surface area contributed by atoms with Crippen LogP contribution in [-0.4, -0.2) is 9.97 Å². The van der Waals surface area contributed by atoms with Gasteiger partial charge in [0, 0.05) is 0 Å². The van der Waals surface area contributed by atoms with E-state index in [9.17, 15) is 0 Å².